The van der Waals surface area contributed by atoms with E-state index in [1.807, 2.05) is 18.2 Å². The Morgan fingerprint density at radius 2 is 1.91 bits per heavy atom. The lowest BCUT2D eigenvalue weighted by Crippen LogP contribution is -2.52. The standard InChI is InChI=1S/C17H21N3O3/c21-15-17(20-16(22)19-15)8-5-11(6-9-17)18-13-7-10-23-14-4-2-1-3-12(13)14/h1-4,11,13,18H,5-10H2,(H2,19,20,21,22). The first-order valence-electron chi connectivity index (χ1n) is 8.28. The molecule has 1 aromatic rings. The number of carbonyl (C=O) groups excluding carboxylic acids is 2. The molecular weight excluding hydrogens is 294 g/mol. The van der Waals surface area contributed by atoms with Crippen LogP contribution >= 0.6 is 0 Å². The quantitative estimate of drug-likeness (QED) is 0.725. The minimum absolute atomic E-state index is 0.169. The van der Waals surface area contributed by atoms with Gasteiger partial charge in [0.15, 0.2) is 0 Å². The van der Waals surface area contributed by atoms with Gasteiger partial charge in [-0.3, -0.25) is 10.1 Å². The fourth-order valence-electron chi connectivity index (χ4n) is 3.96. The third-order valence-corrected chi connectivity index (χ3v) is 5.25. The molecule has 0 bridgehead atoms. The van der Waals surface area contributed by atoms with Crippen LogP contribution in [-0.4, -0.2) is 30.1 Å². The third kappa shape index (κ3) is 2.57. The fourth-order valence-corrected chi connectivity index (χ4v) is 3.96. The molecule has 3 amide bonds. The molecule has 1 unspecified atom stereocenters. The van der Waals surface area contributed by atoms with Gasteiger partial charge in [0.05, 0.1) is 6.61 Å². The second-order valence-electron chi connectivity index (χ2n) is 6.66. The van der Waals surface area contributed by atoms with Gasteiger partial charge in [-0.25, -0.2) is 4.79 Å². The van der Waals surface area contributed by atoms with Crippen LogP contribution < -0.4 is 20.7 Å². The molecule has 6 heteroatoms. The van der Waals surface area contributed by atoms with Gasteiger partial charge in [0, 0.05) is 24.1 Å². The summed E-state index contributed by atoms with van der Waals surface area (Å²) in [6.45, 7) is 0.726. The van der Waals surface area contributed by atoms with E-state index in [4.69, 9.17) is 4.74 Å². The number of nitrogens with one attached hydrogen (secondary N) is 3. The van der Waals surface area contributed by atoms with E-state index in [2.05, 4.69) is 22.0 Å². The summed E-state index contributed by atoms with van der Waals surface area (Å²) in [6.07, 6.45) is 4.09. The van der Waals surface area contributed by atoms with Gasteiger partial charge >= 0.3 is 6.03 Å². The number of fused-ring (bicyclic) bond motifs is 1. The summed E-state index contributed by atoms with van der Waals surface area (Å²) in [6, 6.07) is 8.45. The lowest BCUT2D eigenvalue weighted by atomic mass is 9.79. The molecule has 6 nitrogen and oxygen atoms in total. The van der Waals surface area contributed by atoms with Gasteiger partial charge in [0.1, 0.15) is 11.3 Å². The van der Waals surface area contributed by atoms with E-state index in [0.29, 0.717) is 24.9 Å². The molecule has 4 rings (SSSR count). The van der Waals surface area contributed by atoms with Gasteiger partial charge in [-0.15, -0.1) is 0 Å². The topological polar surface area (TPSA) is 79.5 Å². The van der Waals surface area contributed by atoms with Crippen molar-refractivity contribution in [3.8, 4) is 5.75 Å². The first kappa shape index (κ1) is 14.5. The number of para-hydroxylation sites is 1. The Hall–Kier alpha value is -2.08. The van der Waals surface area contributed by atoms with Crippen LogP contribution in [0.25, 0.3) is 0 Å². The molecule has 2 fully saturated rings. The fraction of sp³-hybridized carbons (Fsp3) is 0.529. The van der Waals surface area contributed by atoms with Gasteiger partial charge < -0.3 is 15.4 Å². The van der Waals surface area contributed by atoms with Crippen LogP contribution in [0.4, 0.5) is 4.79 Å². The zero-order valence-corrected chi connectivity index (χ0v) is 12.9. The largest absolute Gasteiger partial charge is 0.493 e. The highest BCUT2D eigenvalue weighted by Gasteiger charge is 2.48. The van der Waals surface area contributed by atoms with E-state index in [-0.39, 0.29) is 11.9 Å². The Morgan fingerprint density at radius 3 is 2.65 bits per heavy atom. The van der Waals surface area contributed by atoms with Crippen LogP contribution in [0.1, 0.15) is 43.7 Å². The molecule has 2 heterocycles. The van der Waals surface area contributed by atoms with Gasteiger partial charge in [0.25, 0.3) is 5.91 Å². The maximum atomic E-state index is 12.0. The second kappa shape index (κ2) is 5.53. The smallest absolute Gasteiger partial charge is 0.322 e. The van der Waals surface area contributed by atoms with Gasteiger partial charge in [-0.2, -0.15) is 0 Å². The molecular formula is C17H21N3O3. The van der Waals surface area contributed by atoms with Crippen molar-refractivity contribution in [2.75, 3.05) is 6.61 Å². The lowest BCUT2D eigenvalue weighted by Gasteiger charge is -2.37. The van der Waals surface area contributed by atoms with Crippen LogP contribution in [0, 0.1) is 0 Å². The van der Waals surface area contributed by atoms with Crippen molar-refractivity contribution in [3.63, 3.8) is 0 Å². The van der Waals surface area contributed by atoms with Gasteiger partial charge in [-0.05, 0) is 31.7 Å². The number of hydrogen-bond donors (Lipinski definition) is 3. The van der Waals surface area contributed by atoms with Crippen molar-refractivity contribution in [1.29, 1.82) is 0 Å². The molecule has 1 saturated carbocycles. The molecule has 1 atom stereocenters. The first-order valence-corrected chi connectivity index (χ1v) is 8.28. The zero-order chi connectivity index (χ0) is 15.9. The maximum Gasteiger partial charge on any atom is 0.322 e. The number of carbonyl (C=O) groups is 2. The third-order valence-electron chi connectivity index (χ3n) is 5.25. The molecule has 1 aromatic carbocycles. The summed E-state index contributed by atoms with van der Waals surface area (Å²) >= 11 is 0. The van der Waals surface area contributed by atoms with Crippen LogP contribution in [0.3, 0.4) is 0 Å². The van der Waals surface area contributed by atoms with E-state index in [1.165, 1.54) is 5.56 Å². The highest BCUT2D eigenvalue weighted by atomic mass is 16.5. The number of rotatable bonds is 2. The first-order chi connectivity index (χ1) is 11.2. The van der Waals surface area contributed by atoms with E-state index >= 15 is 0 Å². The van der Waals surface area contributed by atoms with Gasteiger partial charge in [0.2, 0.25) is 0 Å². The van der Waals surface area contributed by atoms with E-state index in [0.717, 1.165) is 31.6 Å². The Kier molecular flexibility index (Phi) is 3.49. The summed E-state index contributed by atoms with van der Waals surface area (Å²) in [5.41, 5.74) is 0.536. The van der Waals surface area contributed by atoms with Crippen LogP contribution in [0.5, 0.6) is 5.75 Å². The van der Waals surface area contributed by atoms with Crippen molar-refractivity contribution >= 4 is 11.9 Å². The molecule has 0 aromatic heterocycles. The number of amides is 3. The number of benzene rings is 1. The van der Waals surface area contributed by atoms with E-state index in [1.54, 1.807) is 0 Å². The molecule has 0 radical (unpaired) electrons. The van der Waals surface area contributed by atoms with E-state index < -0.39 is 5.54 Å². The molecule has 122 valence electrons. The summed E-state index contributed by atoms with van der Waals surface area (Å²) in [7, 11) is 0. The predicted molar refractivity (Wildman–Crippen MR) is 84.1 cm³/mol. The summed E-state index contributed by atoms with van der Waals surface area (Å²) in [5, 5.41) is 8.89. The molecule has 3 N–H and O–H groups in total. The normalized spacial score (nSPS) is 32.9. The average molecular weight is 315 g/mol. The maximum absolute atomic E-state index is 12.0. The minimum Gasteiger partial charge on any atom is -0.493 e. The highest BCUT2D eigenvalue weighted by molar-refractivity contribution is 6.07. The number of urea groups is 1. The summed E-state index contributed by atoms with van der Waals surface area (Å²) in [5.74, 6) is 0.795. The number of imide groups is 1. The second-order valence-corrected chi connectivity index (χ2v) is 6.66. The Balaban J connectivity index is 1.41. The van der Waals surface area contributed by atoms with Crippen molar-refractivity contribution < 1.29 is 14.3 Å². The average Bonchev–Trinajstić information content (AvgIpc) is 2.84. The van der Waals surface area contributed by atoms with Crippen LogP contribution in [-0.2, 0) is 4.79 Å². The monoisotopic (exact) mass is 315 g/mol. The van der Waals surface area contributed by atoms with Gasteiger partial charge in [-0.1, -0.05) is 18.2 Å². The molecule has 3 aliphatic rings. The Bertz CT molecular complexity index is 638. The number of hydrogen-bond acceptors (Lipinski definition) is 4. The molecule has 1 saturated heterocycles. The zero-order valence-electron chi connectivity index (χ0n) is 12.9. The molecule has 1 spiro atoms. The number of ether oxygens (including phenoxy) is 1. The van der Waals surface area contributed by atoms with Crippen molar-refractivity contribution in [1.82, 2.24) is 16.0 Å². The minimum atomic E-state index is -0.678. The lowest BCUT2D eigenvalue weighted by molar-refractivity contribution is -0.125. The molecule has 2 aliphatic heterocycles. The Labute approximate surface area is 135 Å². The van der Waals surface area contributed by atoms with Crippen molar-refractivity contribution in [3.05, 3.63) is 29.8 Å². The van der Waals surface area contributed by atoms with Crippen LogP contribution in [0.2, 0.25) is 0 Å². The van der Waals surface area contributed by atoms with E-state index in [9.17, 15) is 9.59 Å². The SMILES string of the molecule is O=C1NC(=O)C2(CCC(NC3CCOc4ccccc43)CC2)N1. The summed E-state index contributed by atoms with van der Waals surface area (Å²) in [4.78, 5) is 23.4. The van der Waals surface area contributed by atoms with Crippen molar-refractivity contribution in [2.45, 2.75) is 49.7 Å². The molecule has 23 heavy (non-hydrogen) atoms. The summed E-state index contributed by atoms with van der Waals surface area (Å²) < 4.78 is 5.70. The Morgan fingerprint density at radius 1 is 1.13 bits per heavy atom. The predicted octanol–water partition coefficient (Wildman–Crippen LogP) is 1.62. The highest BCUT2D eigenvalue weighted by Crippen LogP contribution is 2.35. The van der Waals surface area contributed by atoms with Crippen molar-refractivity contribution in [2.24, 2.45) is 0 Å². The van der Waals surface area contributed by atoms with Crippen LogP contribution in [0.15, 0.2) is 24.3 Å². The molecule has 1 aliphatic carbocycles.